The molecule has 0 aliphatic carbocycles. The molecule has 1 aromatic heterocycles. The fourth-order valence-electron chi connectivity index (χ4n) is 2.17. The number of hydrogen-bond acceptors (Lipinski definition) is 6. The predicted octanol–water partition coefficient (Wildman–Crippen LogP) is 4.31. The molecule has 1 aliphatic rings. The van der Waals surface area contributed by atoms with Gasteiger partial charge in [-0.2, -0.15) is 0 Å². The molecule has 2 aromatic rings. The maximum atomic E-state index is 12.1. The van der Waals surface area contributed by atoms with Gasteiger partial charge in [0.15, 0.2) is 5.13 Å². The second-order valence-electron chi connectivity index (χ2n) is 5.13. The molecule has 1 aromatic carbocycles. The number of hydrogen-bond donors (Lipinski definition) is 0. The third-order valence-corrected chi connectivity index (χ3v) is 5.91. The summed E-state index contributed by atoms with van der Waals surface area (Å²) in [6.45, 7) is 1.46. The van der Waals surface area contributed by atoms with E-state index in [1.165, 1.54) is 39.8 Å². The minimum Gasteiger partial charge on any atom is -0.296 e. The van der Waals surface area contributed by atoms with Crippen LogP contribution in [0, 0.1) is 0 Å². The minimum atomic E-state index is -0.178. The summed E-state index contributed by atoms with van der Waals surface area (Å²) in [5.74, 6) is -0.328. The van der Waals surface area contributed by atoms with Gasteiger partial charge in [-0.05, 0) is 24.3 Å². The van der Waals surface area contributed by atoms with Crippen molar-refractivity contribution >= 4 is 79.9 Å². The van der Waals surface area contributed by atoms with Gasteiger partial charge in [0.2, 0.25) is 5.91 Å². The van der Waals surface area contributed by atoms with Crippen molar-refractivity contribution in [1.29, 1.82) is 0 Å². The number of rotatable bonds is 3. The minimum absolute atomic E-state index is 0.150. The molecule has 3 rings (SSSR count). The number of thioether (sulfide) groups is 1. The Hall–Kier alpha value is -1.74. The van der Waals surface area contributed by atoms with E-state index in [0.717, 1.165) is 0 Å². The SMILES string of the molecule is CC(=O)N(c1cccc(Cl)c1)c1nc(C=C2SC(=S)N(C)C2=O)cs1. The van der Waals surface area contributed by atoms with Gasteiger partial charge in [-0.1, -0.05) is 41.6 Å². The van der Waals surface area contributed by atoms with Crippen molar-refractivity contribution in [2.75, 3.05) is 11.9 Å². The van der Waals surface area contributed by atoms with Crippen LogP contribution in [0.25, 0.3) is 6.08 Å². The standard InChI is InChI=1S/C16H12ClN3O2S3/c1-9(21)20(12-5-3-4-10(17)6-12)15-18-11(8-24-15)7-13-14(22)19(2)16(23)25-13/h3-8H,1-2H3. The van der Waals surface area contributed by atoms with Gasteiger partial charge in [-0.25, -0.2) is 4.98 Å². The summed E-state index contributed by atoms with van der Waals surface area (Å²) in [5, 5.41) is 2.83. The molecule has 5 nitrogen and oxygen atoms in total. The predicted molar refractivity (Wildman–Crippen MR) is 107 cm³/mol. The molecule has 0 unspecified atom stereocenters. The summed E-state index contributed by atoms with van der Waals surface area (Å²) in [4.78, 5) is 32.1. The summed E-state index contributed by atoms with van der Waals surface area (Å²) < 4.78 is 0.510. The van der Waals surface area contributed by atoms with E-state index in [2.05, 4.69) is 4.98 Å². The summed E-state index contributed by atoms with van der Waals surface area (Å²) in [6, 6.07) is 7.00. The number of aromatic nitrogens is 1. The van der Waals surface area contributed by atoms with Crippen LogP contribution in [0.2, 0.25) is 5.02 Å². The van der Waals surface area contributed by atoms with Crippen molar-refractivity contribution in [2.24, 2.45) is 0 Å². The Balaban J connectivity index is 1.93. The highest BCUT2D eigenvalue weighted by molar-refractivity contribution is 8.26. The maximum absolute atomic E-state index is 12.1. The van der Waals surface area contributed by atoms with Crippen LogP contribution in [-0.2, 0) is 9.59 Å². The maximum Gasteiger partial charge on any atom is 0.265 e. The first-order chi connectivity index (χ1) is 11.9. The highest BCUT2D eigenvalue weighted by atomic mass is 35.5. The normalized spacial score (nSPS) is 16.0. The number of carbonyl (C=O) groups excluding carboxylic acids is 2. The first-order valence-corrected chi connectivity index (χ1v) is 9.58. The Bertz CT molecular complexity index is 910. The van der Waals surface area contributed by atoms with Gasteiger partial charge in [-0.15, -0.1) is 11.3 Å². The van der Waals surface area contributed by atoms with Gasteiger partial charge in [0, 0.05) is 24.4 Å². The molecule has 1 aliphatic heterocycles. The molecule has 0 bridgehead atoms. The molecule has 25 heavy (non-hydrogen) atoms. The van der Waals surface area contributed by atoms with Crippen molar-refractivity contribution in [2.45, 2.75) is 6.92 Å². The van der Waals surface area contributed by atoms with E-state index in [-0.39, 0.29) is 11.8 Å². The van der Waals surface area contributed by atoms with Crippen molar-refractivity contribution < 1.29 is 9.59 Å². The van der Waals surface area contributed by atoms with Crippen molar-refractivity contribution in [3.05, 3.63) is 45.3 Å². The molecule has 0 radical (unpaired) electrons. The van der Waals surface area contributed by atoms with Gasteiger partial charge in [0.25, 0.3) is 5.91 Å². The molecule has 1 fully saturated rings. The number of amides is 2. The average molecular weight is 410 g/mol. The van der Waals surface area contributed by atoms with Gasteiger partial charge in [0.05, 0.1) is 16.3 Å². The zero-order valence-electron chi connectivity index (χ0n) is 13.2. The van der Waals surface area contributed by atoms with Crippen LogP contribution < -0.4 is 4.90 Å². The zero-order valence-corrected chi connectivity index (χ0v) is 16.4. The van der Waals surface area contributed by atoms with E-state index in [9.17, 15) is 9.59 Å². The molecule has 0 saturated carbocycles. The first kappa shape index (κ1) is 18.1. The fourth-order valence-corrected chi connectivity index (χ4v) is 4.36. The second-order valence-corrected chi connectivity index (χ2v) is 8.08. The largest absolute Gasteiger partial charge is 0.296 e. The third-order valence-electron chi connectivity index (χ3n) is 3.35. The zero-order chi connectivity index (χ0) is 18.1. The van der Waals surface area contributed by atoms with Crippen LogP contribution in [0.4, 0.5) is 10.8 Å². The van der Waals surface area contributed by atoms with Crippen molar-refractivity contribution in [3.63, 3.8) is 0 Å². The third kappa shape index (κ3) is 3.77. The Labute approximate surface area is 163 Å². The molecule has 128 valence electrons. The molecule has 1 saturated heterocycles. The van der Waals surface area contributed by atoms with Crippen molar-refractivity contribution in [3.8, 4) is 0 Å². The highest BCUT2D eigenvalue weighted by Crippen LogP contribution is 2.34. The first-order valence-electron chi connectivity index (χ1n) is 7.10. The van der Waals surface area contributed by atoms with E-state index in [0.29, 0.717) is 30.8 Å². The summed E-state index contributed by atoms with van der Waals surface area (Å²) >= 11 is 13.7. The Morgan fingerprint density at radius 3 is 2.80 bits per heavy atom. The van der Waals surface area contributed by atoms with E-state index >= 15 is 0 Å². The Morgan fingerprint density at radius 2 is 2.20 bits per heavy atom. The van der Waals surface area contributed by atoms with Gasteiger partial charge in [-0.3, -0.25) is 19.4 Å². The van der Waals surface area contributed by atoms with Crippen LogP contribution in [0.15, 0.2) is 34.6 Å². The lowest BCUT2D eigenvalue weighted by atomic mass is 10.3. The lowest BCUT2D eigenvalue weighted by Gasteiger charge is -2.18. The number of likely N-dealkylation sites (N-methyl/N-ethyl adjacent to an activating group) is 1. The second kappa shape index (κ2) is 7.25. The van der Waals surface area contributed by atoms with E-state index in [1.807, 2.05) is 0 Å². The number of benzene rings is 1. The number of thiazole rings is 1. The quantitative estimate of drug-likeness (QED) is 0.558. The Morgan fingerprint density at radius 1 is 1.44 bits per heavy atom. The number of anilines is 2. The smallest absolute Gasteiger partial charge is 0.265 e. The molecule has 9 heteroatoms. The molecule has 2 heterocycles. The van der Waals surface area contributed by atoms with E-state index in [1.54, 1.807) is 42.8 Å². The molecule has 0 N–H and O–H groups in total. The molecule has 2 amide bonds. The monoisotopic (exact) mass is 409 g/mol. The van der Waals surface area contributed by atoms with Crippen LogP contribution >= 0.6 is 46.9 Å². The van der Waals surface area contributed by atoms with Crippen LogP contribution in [0.3, 0.4) is 0 Å². The van der Waals surface area contributed by atoms with Gasteiger partial charge >= 0.3 is 0 Å². The molecule has 0 spiro atoms. The highest BCUT2D eigenvalue weighted by Gasteiger charge is 2.29. The van der Waals surface area contributed by atoms with Crippen molar-refractivity contribution in [1.82, 2.24) is 9.88 Å². The topological polar surface area (TPSA) is 53.5 Å². The number of carbonyl (C=O) groups is 2. The number of thiocarbonyl (C=S) groups is 1. The average Bonchev–Trinajstić information content (AvgIpc) is 3.09. The lowest BCUT2D eigenvalue weighted by Crippen LogP contribution is -2.22. The number of halogens is 1. The van der Waals surface area contributed by atoms with E-state index < -0.39 is 0 Å². The molecular weight excluding hydrogens is 398 g/mol. The summed E-state index contributed by atoms with van der Waals surface area (Å²) in [6.07, 6.45) is 1.68. The van der Waals surface area contributed by atoms with Crippen LogP contribution in [0.5, 0.6) is 0 Å². The Kier molecular flexibility index (Phi) is 5.24. The number of nitrogens with zero attached hydrogens (tertiary/aromatic N) is 3. The molecule has 0 atom stereocenters. The van der Waals surface area contributed by atoms with Gasteiger partial charge in [0.1, 0.15) is 4.32 Å². The fraction of sp³-hybridized carbons (Fsp3) is 0.125. The molecular formula is C16H12ClN3O2S3. The van der Waals surface area contributed by atoms with Crippen LogP contribution in [0.1, 0.15) is 12.6 Å². The lowest BCUT2D eigenvalue weighted by molar-refractivity contribution is -0.121. The van der Waals surface area contributed by atoms with E-state index in [4.69, 9.17) is 23.8 Å². The summed E-state index contributed by atoms with van der Waals surface area (Å²) in [7, 11) is 1.64. The van der Waals surface area contributed by atoms with Crippen LogP contribution in [-0.4, -0.2) is 33.1 Å². The van der Waals surface area contributed by atoms with Gasteiger partial charge < -0.3 is 0 Å². The summed E-state index contributed by atoms with van der Waals surface area (Å²) in [5.41, 5.74) is 1.24.